The zero-order valence-corrected chi connectivity index (χ0v) is 13.5. The third-order valence-corrected chi connectivity index (χ3v) is 4.84. The molecule has 2 aromatic carbocycles. The molecular weight excluding hydrogens is 276 g/mol. The van der Waals surface area contributed by atoms with Crippen molar-refractivity contribution in [2.24, 2.45) is 0 Å². The molecule has 2 aromatic rings. The van der Waals surface area contributed by atoms with Crippen LogP contribution in [0.4, 0.5) is 5.69 Å². The third kappa shape index (κ3) is 3.25. The molecule has 0 radical (unpaired) electrons. The number of nitrogens with one attached hydrogen (secondary N) is 1. The van der Waals surface area contributed by atoms with E-state index in [0.29, 0.717) is 0 Å². The Labute approximate surface area is 131 Å². The topological polar surface area (TPSA) is 15.3 Å². The van der Waals surface area contributed by atoms with E-state index < -0.39 is 0 Å². The van der Waals surface area contributed by atoms with Gasteiger partial charge in [-0.1, -0.05) is 36.4 Å². The van der Waals surface area contributed by atoms with Crippen molar-refractivity contribution in [2.45, 2.75) is 24.4 Å². The maximum absolute atomic E-state index is 3.53. The van der Waals surface area contributed by atoms with Gasteiger partial charge in [0.1, 0.15) is 0 Å². The van der Waals surface area contributed by atoms with E-state index in [-0.39, 0.29) is 0 Å². The first-order valence-electron chi connectivity index (χ1n) is 7.43. The number of hydrogen-bond donors (Lipinski definition) is 1. The lowest BCUT2D eigenvalue weighted by molar-refractivity contribution is 0.317. The number of benzene rings is 2. The normalized spacial score (nSPS) is 13.3. The molecule has 1 aliphatic rings. The summed E-state index contributed by atoms with van der Waals surface area (Å²) >= 11 is 1.82. The van der Waals surface area contributed by atoms with Gasteiger partial charge in [0.05, 0.1) is 0 Å². The van der Waals surface area contributed by atoms with Gasteiger partial charge in [-0.05, 0) is 42.5 Å². The fourth-order valence-corrected chi connectivity index (χ4v) is 3.62. The second kappa shape index (κ2) is 6.54. The first kappa shape index (κ1) is 14.5. The molecule has 0 bridgehead atoms. The number of hydrogen-bond acceptors (Lipinski definition) is 3. The molecule has 1 N–H and O–H groups in total. The van der Waals surface area contributed by atoms with Crippen molar-refractivity contribution in [2.75, 3.05) is 25.2 Å². The summed E-state index contributed by atoms with van der Waals surface area (Å²) < 4.78 is 0. The summed E-state index contributed by atoms with van der Waals surface area (Å²) in [5.74, 6) is 0. The lowest BCUT2D eigenvalue weighted by atomic mass is 10.1. The van der Waals surface area contributed by atoms with E-state index >= 15 is 0 Å². The summed E-state index contributed by atoms with van der Waals surface area (Å²) in [6.45, 7) is 3.05. The first-order chi connectivity index (χ1) is 10.3. The first-order valence-corrected chi connectivity index (χ1v) is 8.65. The minimum atomic E-state index is 0.985. The molecule has 3 rings (SSSR count). The Kier molecular flexibility index (Phi) is 4.51. The van der Waals surface area contributed by atoms with Crippen molar-refractivity contribution >= 4 is 17.4 Å². The van der Waals surface area contributed by atoms with Crippen molar-refractivity contribution in [3.05, 3.63) is 59.2 Å². The van der Waals surface area contributed by atoms with Gasteiger partial charge in [0.2, 0.25) is 0 Å². The highest BCUT2D eigenvalue weighted by molar-refractivity contribution is 7.98. The van der Waals surface area contributed by atoms with Gasteiger partial charge in [0.15, 0.2) is 0 Å². The Morgan fingerprint density at radius 1 is 1.05 bits per heavy atom. The highest BCUT2D eigenvalue weighted by atomic mass is 32.2. The van der Waals surface area contributed by atoms with Crippen LogP contribution in [-0.2, 0) is 19.5 Å². The van der Waals surface area contributed by atoms with Gasteiger partial charge in [-0.25, -0.2) is 0 Å². The number of fused-ring (bicyclic) bond motifs is 1. The second-order valence-corrected chi connectivity index (χ2v) is 6.46. The summed E-state index contributed by atoms with van der Waals surface area (Å²) in [5, 5.41) is 3.53. The van der Waals surface area contributed by atoms with Gasteiger partial charge >= 0.3 is 0 Å². The SMILES string of the molecule is CSc1ccccc1CN(C)Cc1cccc2c1NCC2. The Morgan fingerprint density at radius 3 is 2.67 bits per heavy atom. The van der Waals surface area contributed by atoms with Crippen LogP contribution >= 0.6 is 11.8 Å². The van der Waals surface area contributed by atoms with Crippen molar-refractivity contribution in [3.8, 4) is 0 Å². The fourth-order valence-electron chi connectivity index (χ4n) is 3.01. The van der Waals surface area contributed by atoms with Crippen LogP contribution < -0.4 is 5.32 Å². The molecule has 2 nitrogen and oxygen atoms in total. The molecule has 0 aliphatic carbocycles. The average Bonchev–Trinajstić information content (AvgIpc) is 2.97. The minimum Gasteiger partial charge on any atom is -0.384 e. The summed E-state index contributed by atoms with van der Waals surface area (Å²) in [6, 6.07) is 15.3. The monoisotopic (exact) mass is 298 g/mol. The van der Waals surface area contributed by atoms with E-state index in [0.717, 1.165) is 26.1 Å². The van der Waals surface area contributed by atoms with E-state index in [9.17, 15) is 0 Å². The molecular formula is C18H22N2S. The quantitative estimate of drug-likeness (QED) is 0.840. The average molecular weight is 298 g/mol. The predicted octanol–water partition coefficient (Wildman–Crippen LogP) is 4.01. The number of rotatable bonds is 5. The van der Waals surface area contributed by atoms with Gasteiger partial charge in [-0.2, -0.15) is 0 Å². The minimum absolute atomic E-state index is 0.985. The van der Waals surface area contributed by atoms with Gasteiger partial charge < -0.3 is 5.32 Å². The summed E-state index contributed by atoms with van der Waals surface area (Å²) in [5.41, 5.74) is 5.65. The van der Waals surface area contributed by atoms with Crippen LogP contribution in [0, 0.1) is 0 Å². The number of thioether (sulfide) groups is 1. The van der Waals surface area contributed by atoms with Gasteiger partial charge in [-0.3, -0.25) is 4.90 Å². The molecule has 0 atom stereocenters. The Balaban J connectivity index is 1.72. The molecule has 0 unspecified atom stereocenters. The molecule has 110 valence electrons. The van der Waals surface area contributed by atoms with Gasteiger partial charge in [-0.15, -0.1) is 11.8 Å². The maximum Gasteiger partial charge on any atom is 0.0419 e. The zero-order chi connectivity index (χ0) is 14.7. The van der Waals surface area contributed by atoms with Gasteiger partial charge in [0, 0.05) is 30.2 Å². The van der Waals surface area contributed by atoms with E-state index in [1.165, 1.54) is 27.3 Å². The van der Waals surface area contributed by atoms with E-state index in [1.54, 1.807) is 0 Å². The molecule has 0 saturated carbocycles. The zero-order valence-electron chi connectivity index (χ0n) is 12.7. The Bertz CT molecular complexity index is 624. The van der Waals surface area contributed by atoms with E-state index in [1.807, 2.05) is 11.8 Å². The molecule has 1 aliphatic heterocycles. The van der Waals surface area contributed by atoms with Crippen LogP contribution in [-0.4, -0.2) is 24.7 Å². The van der Waals surface area contributed by atoms with Crippen molar-refractivity contribution < 1.29 is 0 Å². The van der Waals surface area contributed by atoms with Crippen molar-refractivity contribution in [3.63, 3.8) is 0 Å². The number of nitrogens with zero attached hydrogens (tertiary/aromatic N) is 1. The van der Waals surface area contributed by atoms with Crippen LogP contribution in [0.2, 0.25) is 0 Å². The Hall–Kier alpha value is -1.45. The standard InChI is InChI=1S/C18H22N2S/c1-20(12-15-6-3-4-9-17(15)21-2)13-16-8-5-7-14-10-11-19-18(14)16/h3-9,19H,10-13H2,1-2H3. The maximum atomic E-state index is 3.53. The van der Waals surface area contributed by atoms with Crippen molar-refractivity contribution in [1.82, 2.24) is 4.90 Å². The predicted molar refractivity (Wildman–Crippen MR) is 92.0 cm³/mol. The molecule has 21 heavy (non-hydrogen) atoms. The third-order valence-electron chi connectivity index (χ3n) is 4.01. The highest BCUT2D eigenvalue weighted by Crippen LogP contribution is 2.28. The smallest absolute Gasteiger partial charge is 0.0419 e. The summed E-state index contributed by atoms with van der Waals surface area (Å²) in [6.07, 6.45) is 3.30. The molecule has 0 aromatic heterocycles. The van der Waals surface area contributed by atoms with Crippen LogP contribution in [0.3, 0.4) is 0 Å². The Morgan fingerprint density at radius 2 is 1.81 bits per heavy atom. The molecule has 0 fully saturated rings. The molecule has 0 saturated heterocycles. The van der Waals surface area contributed by atoms with Crippen LogP contribution in [0.5, 0.6) is 0 Å². The van der Waals surface area contributed by atoms with Crippen molar-refractivity contribution in [1.29, 1.82) is 0 Å². The lowest BCUT2D eigenvalue weighted by Crippen LogP contribution is -2.18. The second-order valence-electron chi connectivity index (χ2n) is 5.61. The van der Waals surface area contributed by atoms with E-state index in [4.69, 9.17) is 0 Å². The lowest BCUT2D eigenvalue weighted by Gasteiger charge is -2.20. The van der Waals surface area contributed by atoms with Crippen LogP contribution in [0.15, 0.2) is 47.4 Å². The van der Waals surface area contributed by atoms with Gasteiger partial charge in [0.25, 0.3) is 0 Å². The van der Waals surface area contributed by atoms with E-state index in [2.05, 4.69) is 66.0 Å². The molecule has 0 spiro atoms. The highest BCUT2D eigenvalue weighted by Gasteiger charge is 2.15. The van der Waals surface area contributed by atoms with Crippen LogP contribution in [0.1, 0.15) is 16.7 Å². The largest absolute Gasteiger partial charge is 0.384 e. The number of anilines is 1. The number of para-hydroxylation sites is 1. The summed E-state index contributed by atoms with van der Waals surface area (Å²) in [7, 11) is 2.20. The molecule has 3 heteroatoms. The van der Waals surface area contributed by atoms with Crippen LogP contribution in [0.25, 0.3) is 0 Å². The summed E-state index contributed by atoms with van der Waals surface area (Å²) in [4.78, 5) is 3.77. The molecule has 1 heterocycles. The molecule has 0 amide bonds. The fraction of sp³-hybridized carbons (Fsp3) is 0.333.